The van der Waals surface area contributed by atoms with Gasteiger partial charge in [0, 0.05) is 12.1 Å². The molecular formula is C30H25N3O3. The molecule has 0 spiro atoms. The Labute approximate surface area is 209 Å². The standard InChI is InChI=1S/C30H25N3O3/c1-4-10-21(11-5-1)18-34-24-16-25(29-32-27(19-35-29)22-12-6-2-7-13-22)31-26(17-24)30-33-28(20-36-30)23-14-8-3-9-15-23/h1-17,27-28H,18-20H2. The molecule has 0 radical (unpaired) electrons. The molecule has 178 valence electrons. The third-order valence-corrected chi connectivity index (χ3v) is 6.16. The molecule has 0 N–H and O–H groups in total. The van der Waals surface area contributed by atoms with E-state index in [0.717, 1.165) is 16.7 Å². The zero-order chi connectivity index (χ0) is 24.2. The quantitative estimate of drug-likeness (QED) is 0.344. The molecule has 6 nitrogen and oxygen atoms in total. The summed E-state index contributed by atoms with van der Waals surface area (Å²) in [5.74, 6) is 1.64. The fraction of sp³-hybridized carbons (Fsp3) is 0.167. The average molecular weight is 476 g/mol. The summed E-state index contributed by atoms with van der Waals surface area (Å²) in [6.07, 6.45) is 0. The first-order chi connectivity index (χ1) is 17.8. The summed E-state index contributed by atoms with van der Waals surface area (Å²) < 4.78 is 18.1. The molecule has 36 heavy (non-hydrogen) atoms. The third kappa shape index (κ3) is 4.84. The molecule has 2 unspecified atom stereocenters. The zero-order valence-corrected chi connectivity index (χ0v) is 19.7. The summed E-state index contributed by atoms with van der Waals surface area (Å²) in [7, 11) is 0. The molecule has 0 aliphatic carbocycles. The lowest BCUT2D eigenvalue weighted by molar-refractivity contribution is 0.302. The van der Waals surface area contributed by atoms with Crippen LogP contribution in [0.1, 0.15) is 40.2 Å². The van der Waals surface area contributed by atoms with E-state index in [-0.39, 0.29) is 12.1 Å². The Morgan fingerprint density at radius 3 is 1.61 bits per heavy atom. The Kier molecular flexibility index (Phi) is 6.15. The summed E-state index contributed by atoms with van der Waals surface area (Å²) in [6, 6.07) is 33.9. The van der Waals surface area contributed by atoms with Crippen LogP contribution in [-0.2, 0) is 16.1 Å². The number of hydrogen-bond acceptors (Lipinski definition) is 6. The predicted octanol–water partition coefficient (Wildman–Crippen LogP) is 5.70. The van der Waals surface area contributed by atoms with E-state index in [4.69, 9.17) is 29.2 Å². The zero-order valence-electron chi connectivity index (χ0n) is 19.7. The van der Waals surface area contributed by atoms with Gasteiger partial charge in [-0.1, -0.05) is 91.0 Å². The molecule has 2 atom stereocenters. The van der Waals surface area contributed by atoms with Crippen molar-refractivity contribution in [1.82, 2.24) is 4.98 Å². The van der Waals surface area contributed by atoms with Gasteiger partial charge >= 0.3 is 0 Å². The summed E-state index contributed by atoms with van der Waals surface area (Å²) in [6.45, 7) is 1.38. The number of benzene rings is 3. The van der Waals surface area contributed by atoms with Crippen LogP contribution in [0.25, 0.3) is 0 Å². The van der Waals surface area contributed by atoms with Gasteiger partial charge < -0.3 is 14.2 Å². The van der Waals surface area contributed by atoms with Crippen LogP contribution < -0.4 is 4.74 Å². The van der Waals surface area contributed by atoms with Crippen molar-refractivity contribution in [2.45, 2.75) is 18.7 Å². The Hall–Kier alpha value is -4.45. The maximum atomic E-state index is 6.15. The van der Waals surface area contributed by atoms with E-state index in [0.29, 0.717) is 48.8 Å². The van der Waals surface area contributed by atoms with Gasteiger partial charge in [0.05, 0.1) is 0 Å². The van der Waals surface area contributed by atoms with Crippen LogP contribution in [0.2, 0.25) is 0 Å². The van der Waals surface area contributed by atoms with Crippen LogP contribution in [-0.4, -0.2) is 30.0 Å². The summed E-state index contributed by atoms with van der Waals surface area (Å²) >= 11 is 0. The monoisotopic (exact) mass is 475 g/mol. The van der Waals surface area contributed by atoms with Gasteiger partial charge in [-0.05, 0) is 16.7 Å². The van der Waals surface area contributed by atoms with Crippen LogP contribution in [0, 0.1) is 0 Å². The molecular weight excluding hydrogens is 450 g/mol. The SMILES string of the molecule is c1ccc(COc2cc(C3=NC(c4ccccc4)CO3)nc(C3=NC(c4ccccc4)CO3)c2)cc1. The normalized spacial score (nSPS) is 18.7. The molecule has 3 aromatic carbocycles. The Balaban J connectivity index is 1.32. The summed E-state index contributed by atoms with van der Waals surface area (Å²) in [5, 5.41) is 0. The topological polar surface area (TPSA) is 65.3 Å². The molecule has 1 aromatic heterocycles. The maximum absolute atomic E-state index is 6.15. The molecule has 2 aliphatic heterocycles. The van der Waals surface area contributed by atoms with Crippen LogP contribution in [0.3, 0.4) is 0 Å². The fourth-order valence-corrected chi connectivity index (χ4v) is 4.27. The van der Waals surface area contributed by atoms with Gasteiger partial charge in [-0.2, -0.15) is 0 Å². The number of aromatic nitrogens is 1. The van der Waals surface area contributed by atoms with Crippen molar-refractivity contribution in [3.05, 3.63) is 131 Å². The second kappa shape index (κ2) is 10.0. The van der Waals surface area contributed by atoms with Crippen molar-refractivity contribution in [3.63, 3.8) is 0 Å². The van der Waals surface area contributed by atoms with E-state index in [9.17, 15) is 0 Å². The van der Waals surface area contributed by atoms with Crippen molar-refractivity contribution in [2.75, 3.05) is 13.2 Å². The second-order valence-corrected chi connectivity index (χ2v) is 8.69. The van der Waals surface area contributed by atoms with E-state index < -0.39 is 0 Å². The Morgan fingerprint density at radius 2 is 1.11 bits per heavy atom. The van der Waals surface area contributed by atoms with Crippen molar-refractivity contribution >= 4 is 11.8 Å². The first-order valence-electron chi connectivity index (χ1n) is 12.0. The molecule has 2 aliphatic rings. The first-order valence-corrected chi connectivity index (χ1v) is 12.0. The van der Waals surface area contributed by atoms with Crippen molar-refractivity contribution in [3.8, 4) is 5.75 Å². The minimum Gasteiger partial charge on any atom is -0.489 e. The van der Waals surface area contributed by atoms with Crippen molar-refractivity contribution in [2.24, 2.45) is 9.98 Å². The van der Waals surface area contributed by atoms with Crippen molar-refractivity contribution < 1.29 is 14.2 Å². The van der Waals surface area contributed by atoms with E-state index in [1.54, 1.807) is 0 Å². The van der Waals surface area contributed by atoms with Crippen LogP contribution in [0.15, 0.2) is 113 Å². The van der Waals surface area contributed by atoms with Gasteiger partial charge in [0.2, 0.25) is 11.8 Å². The average Bonchev–Trinajstić information content (AvgIpc) is 3.65. The highest BCUT2D eigenvalue weighted by Gasteiger charge is 2.27. The van der Waals surface area contributed by atoms with E-state index >= 15 is 0 Å². The fourth-order valence-electron chi connectivity index (χ4n) is 4.27. The molecule has 0 fully saturated rings. The summed E-state index contributed by atoms with van der Waals surface area (Å²) in [4.78, 5) is 14.4. The number of hydrogen-bond donors (Lipinski definition) is 0. The highest BCUT2D eigenvalue weighted by atomic mass is 16.5. The first kappa shape index (κ1) is 22.0. The van der Waals surface area contributed by atoms with E-state index in [2.05, 4.69) is 24.3 Å². The van der Waals surface area contributed by atoms with Crippen LogP contribution >= 0.6 is 0 Å². The van der Waals surface area contributed by atoms with E-state index in [1.165, 1.54) is 0 Å². The minimum atomic E-state index is -0.0668. The van der Waals surface area contributed by atoms with Gasteiger partial charge in [0.15, 0.2) is 0 Å². The molecule has 3 heterocycles. The van der Waals surface area contributed by atoms with Gasteiger partial charge in [0.25, 0.3) is 0 Å². The molecule has 0 amide bonds. The lowest BCUT2D eigenvalue weighted by Gasteiger charge is -2.10. The lowest BCUT2D eigenvalue weighted by atomic mass is 10.1. The predicted molar refractivity (Wildman–Crippen MR) is 138 cm³/mol. The number of pyridine rings is 1. The van der Waals surface area contributed by atoms with E-state index in [1.807, 2.05) is 78.9 Å². The largest absolute Gasteiger partial charge is 0.489 e. The number of aliphatic imine (C=N–C) groups is 2. The Morgan fingerprint density at radius 1 is 0.639 bits per heavy atom. The minimum absolute atomic E-state index is 0.0668. The molecule has 0 bridgehead atoms. The second-order valence-electron chi connectivity index (χ2n) is 8.69. The molecule has 0 saturated heterocycles. The highest BCUT2D eigenvalue weighted by Crippen LogP contribution is 2.29. The molecule has 6 heteroatoms. The van der Waals surface area contributed by atoms with Crippen LogP contribution in [0.4, 0.5) is 0 Å². The number of ether oxygens (including phenoxy) is 3. The molecule has 6 rings (SSSR count). The third-order valence-electron chi connectivity index (χ3n) is 6.16. The molecule has 4 aromatic rings. The van der Waals surface area contributed by atoms with Gasteiger partial charge in [0.1, 0.15) is 49.0 Å². The van der Waals surface area contributed by atoms with Gasteiger partial charge in [-0.25, -0.2) is 15.0 Å². The van der Waals surface area contributed by atoms with Crippen molar-refractivity contribution in [1.29, 1.82) is 0 Å². The lowest BCUT2D eigenvalue weighted by Crippen LogP contribution is -2.11. The van der Waals surface area contributed by atoms with Gasteiger partial charge in [-0.15, -0.1) is 0 Å². The smallest absolute Gasteiger partial charge is 0.236 e. The summed E-state index contributed by atoms with van der Waals surface area (Å²) in [5.41, 5.74) is 4.50. The van der Waals surface area contributed by atoms with Crippen LogP contribution in [0.5, 0.6) is 5.75 Å². The Bertz CT molecular complexity index is 1310. The maximum Gasteiger partial charge on any atom is 0.236 e. The highest BCUT2D eigenvalue weighted by molar-refractivity contribution is 5.98. The molecule has 0 saturated carbocycles. The number of rotatable bonds is 7. The van der Waals surface area contributed by atoms with Gasteiger partial charge in [-0.3, -0.25) is 0 Å². The number of nitrogens with zero attached hydrogens (tertiary/aromatic N) is 3.